The fourth-order valence-corrected chi connectivity index (χ4v) is 3.68. The number of hydrogen-bond acceptors (Lipinski definition) is 2. The van der Waals surface area contributed by atoms with E-state index >= 15 is 0 Å². The average molecular weight is 258 g/mol. The number of anilines is 1. The summed E-state index contributed by atoms with van der Waals surface area (Å²) in [6, 6.07) is 7.07. The van der Waals surface area contributed by atoms with E-state index in [4.69, 9.17) is 5.73 Å². The molecule has 1 aliphatic heterocycles. The fourth-order valence-electron chi connectivity index (χ4n) is 3.68. The molecular formula is C17H26N2. The predicted molar refractivity (Wildman–Crippen MR) is 81.7 cm³/mol. The van der Waals surface area contributed by atoms with E-state index in [1.807, 2.05) is 0 Å². The molecule has 0 atom stereocenters. The minimum atomic E-state index is 0.797. The standard InChI is InChI=1S/C17H26N2/c18-10-3-6-14-7-8-17-16(12-14)9-11-19(17)13-15-4-1-2-5-15/h7-8,12,15H,1-6,9-11,13,18H2. The van der Waals surface area contributed by atoms with Gasteiger partial charge >= 0.3 is 0 Å². The van der Waals surface area contributed by atoms with Crippen molar-refractivity contribution >= 4 is 5.69 Å². The Hall–Kier alpha value is -1.02. The number of fused-ring (bicyclic) bond motifs is 1. The Morgan fingerprint density at radius 1 is 1.21 bits per heavy atom. The molecule has 3 rings (SSSR count). The van der Waals surface area contributed by atoms with Crippen LogP contribution >= 0.6 is 0 Å². The van der Waals surface area contributed by atoms with E-state index in [1.165, 1.54) is 56.4 Å². The number of benzene rings is 1. The summed E-state index contributed by atoms with van der Waals surface area (Å²) in [7, 11) is 0. The van der Waals surface area contributed by atoms with Crippen LogP contribution in [-0.2, 0) is 12.8 Å². The highest BCUT2D eigenvalue weighted by atomic mass is 15.1. The van der Waals surface area contributed by atoms with E-state index in [-0.39, 0.29) is 0 Å². The van der Waals surface area contributed by atoms with Crippen LogP contribution in [0.5, 0.6) is 0 Å². The normalized spacial score (nSPS) is 19.1. The molecule has 104 valence electrons. The second kappa shape index (κ2) is 5.96. The minimum absolute atomic E-state index is 0.797. The lowest BCUT2D eigenvalue weighted by atomic mass is 10.0. The van der Waals surface area contributed by atoms with Crippen molar-refractivity contribution in [3.05, 3.63) is 29.3 Å². The molecule has 0 spiro atoms. The van der Waals surface area contributed by atoms with Crippen molar-refractivity contribution < 1.29 is 0 Å². The number of hydrogen-bond donors (Lipinski definition) is 1. The lowest BCUT2D eigenvalue weighted by Crippen LogP contribution is -2.26. The lowest BCUT2D eigenvalue weighted by molar-refractivity contribution is 0.538. The fraction of sp³-hybridized carbons (Fsp3) is 0.647. The topological polar surface area (TPSA) is 29.3 Å². The van der Waals surface area contributed by atoms with Crippen molar-refractivity contribution in [2.45, 2.75) is 44.9 Å². The second-order valence-corrected chi connectivity index (χ2v) is 6.20. The SMILES string of the molecule is NCCCc1ccc2c(c1)CCN2CC1CCCC1. The molecule has 19 heavy (non-hydrogen) atoms. The van der Waals surface area contributed by atoms with Gasteiger partial charge in [-0.1, -0.05) is 25.0 Å². The smallest absolute Gasteiger partial charge is 0.0399 e. The van der Waals surface area contributed by atoms with Gasteiger partial charge in [-0.25, -0.2) is 0 Å². The van der Waals surface area contributed by atoms with E-state index in [1.54, 1.807) is 5.56 Å². The van der Waals surface area contributed by atoms with Crippen molar-refractivity contribution in [2.75, 3.05) is 24.5 Å². The Morgan fingerprint density at radius 2 is 2.05 bits per heavy atom. The molecule has 2 aliphatic rings. The van der Waals surface area contributed by atoms with Gasteiger partial charge < -0.3 is 10.6 Å². The van der Waals surface area contributed by atoms with Gasteiger partial charge in [0, 0.05) is 18.8 Å². The van der Waals surface area contributed by atoms with Crippen LogP contribution in [0.15, 0.2) is 18.2 Å². The Bertz CT molecular complexity index is 421. The molecule has 1 heterocycles. The molecule has 0 bridgehead atoms. The largest absolute Gasteiger partial charge is 0.371 e. The second-order valence-electron chi connectivity index (χ2n) is 6.20. The molecule has 2 N–H and O–H groups in total. The van der Waals surface area contributed by atoms with Gasteiger partial charge in [-0.15, -0.1) is 0 Å². The van der Waals surface area contributed by atoms with Crippen LogP contribution in [0.2, 0.25) is 0 Å². The van der Waals surface area contributed by atoms with Crippen LogP contribution in [0.3, 0.4) is 0 Å². The van der Waals surface area contributed by atoms with Gasteiger partial charge in [0.05, 0.1) is 0 Å². The summed E-state index contributed by atoms with van der Waals surface area (Å²) in [5.41, 5.74) is 10.1. The Balaban J connectivity index is 1.66. The third-order valence-electron chi connectivity index (χ3n) is 4.76. The van der Waals surface area contributed by atoms with E-state index in [9.17, 15) is 0 Å². The molecule has 2 heteroatoms. The zero-order valence-electron chi connectivity index (χ0n) is 11.9. The maximum absolute atomic E-state index is 5.59. The van der Waals surface area contributed by atoms with E-state index in [2.05, 4.69) is 23.1 Å². The quantitative estimate of drug-likeness (QED) is 0.879. The molecule has 2 nitrogen and oxygen atoms in total. The molecule has 1 fully saturated rings. The third-order valence-corrected chi connectivity index (χ3v) is 4.76. The first-order valence-electron chi connectivity index (χ1n) is 7.93. The van der Waals surface area contributed by atoms with Crippen molar-refractivity contribution in [1.29, 1.82) is 0 Å². The van der Waals surface area contributed by atoms with Crippen LogP contribution in [0, 0.1) is 5.92 Å². The van der Waals surface area contributed by atoms with Gasteiger partial charge in [-0.3, -0.25) is 0 Å². The number of aryl methyl sites for hydroxylation is 1. The summed E-state index contributed by atoms with van der Waals surface area (Å²) in [5, 5.41) is 0. The molecule has 1 saturated carbocycles. The summed E-state index contributed by atoms with van der Waals surface area (Å²) >= 11 is 0. The Morgan fingerprint density at radius 3 is 2.84 bits per heavy atom. The molecule has 1 aromatic carbocycles. The first-order chi connectivity index (χ1) is 9.36. The molecule has 0 unspecified atom stereocenters. The molecule has 1 aromatic rings. The summed E-state index contributed by atoms with van der Waals surface area (Å²) in [5.74, 6) is 0.947. The van der Waals surface area contributed by atoms with Crippen molar-refractivity contribution in [2.24, 2.45) is 11.7 Å². The van der Waals surface area contributed by atoms with Gasteiger partial charge in [-0.2, -0.15) is 0 Å². The Kier molecular flexibility index (Phi) is 4.07. The highest BCUT2D eigenvalue weighted by molar-refractivity contribution is 5.59. The van der Waals surface area contributed by atoms with Crippen LogP contribution in [0.25, 0.3) is 0 Å². The third kappa shape index (κ3) is 2.94. The molecule has 0 radical (unpaired) electrons. The Labute approximate surface area is 117 Å². The summed E-state index contributed by atoms with van der Waals surface area (Å²) < 4.78 is 0. The zero-order chi connectivity index (χ0) is 13.1. The zero-order valence-corrected chi connectivity index (χ0v) is 11.9. The monoisotopic (exact) mass is 258 g/mol. The predicted octanol–water partition coefficient (Wildman–Crippen LogP) is 3.13. The van der Waals surface area contributed by atoms with Gasteiger partial charge in [0.1, 0.15) is 0 Å². The highest BCUT2D eigenvalue weighted by Crippen LogP contribution is 2.33. The maximum Gasteiger partial charge on any atom is 0.0399 e. The molecular weight excluding hydrogens is 232 g/mol. The van der Waals surface area contributed by atoms with Crippen LogP contribution in [-0.4, -0.2) is 19.6 Å². The van der Waals surface area contributed by atoms with Gasteiger partial charge in [0.15, 0.2) is 0 Å². The summed E-state index contributed by atoms with van der Waals surface area (Å²) in [6.45, 7) is 3.31. The van der Waals surface area contributed by atoms with Crippen LogP contribution < -0.4 is 10.6 Å². The number of nitrogens with zero attached hydrogens (tertiary/aromatic N) is 1. The minimum Gasteiger partial charge on any atom is -0.371 e. The summed E-state index contributed by atoms with van der Waals surface area (Å²) in [6.07, 6.45) is 9.25. The van der Waals surface area contributed by atoms with E-state index in [0.29, 0.717) is 0 Å². The van der Waals surface area contributed by atoms with E-state index < -0.39 is 0 Å². The first kappa shape index (κ1) is 13.0. The first-order valence-corrected chi connectivity index (χ1v) is 7.93. The number of nitrogens with two attached hydrogens (primary N) is 1. The van der Waals surface area contributed by atoms with Crippen molar-refractivity contribution in [1.82, 2.24) is 0 Å². The van der Waals surface area contributed by atoms with Crippen LogP contribution in [0.1, 0.15) is 43.2 Å². The van der Waals surface area contributed by atoms with Crippen LogP contribution in [0.4, 0.5) is 5.69 Å². The molecule has 0 amide bonds. The lowest BCUT2D eigenvalue weighted by Gasteiger charge is -2.23. The number of rotatable bonds is 5. The summed E-state index contributed by atoms with van der Waals surface area (Å²) in [4.78, 5) is 2.62. The maximum atomic E-state index is 5.59. The average Bonchev–Trinajstić information content (AvgIpc) is 3.07. The highest BCUT2D eigenvalue weighted by Gasteiger charge is 2.23. The van der Waals surface area contributed by atoms with Gasteiger partial charge in [-0.05, 0) is 61.8 Å². The molecule has 0 aromatic heterocycles. The van der Waals surface area contributed by atoms with Crippen molar-refractivity contribution in [3.8, 4) is 0 Å². The molecule has 0 saturated heterocycles. The van der Waals surface area contributed by atoms with Crippen molar-refractivity contribution in [3.63, 3.8) is 0 Å². The van der Waals surface area contributed by atoms with E-state index in [0.717, 1.165) is 25.3 Å². The van der Waals surface area contributed by atoms with Gasteiger partial charge in [0.2, 0.25) is 0 Å². The van der Waals surface area contributed by atoms with Gasteiger partial charge in [0.25, 0.3) is 0 Å². The molecule has 1 aliphatic carbocycles.